The second-order valence-corrected chi connectivity index (χ2v) is 9.82. The van der Waals surface area contributed by atoms with E-state index in [1.807, 2.05) is 35.0 Å². The molecule has 4 aromatic rings. The van der Waals surface area contributed by atoms with Crippen molar-refractivity contribution in [2.75, 3.05) is 18.0 Å². The molecule has 2 aliphatic rings. The van der Waals surface area contributed by atoms with E-state index in [0.717, 1.165) is 66.2 Å². The molecule has 2 N–H and O–H groups in total. The van der Waals surface area contributed by atoms with Crippen LogP contribution >= 0.6 is 23.2 Å². The standard InChI is InChI=1S/C25H22Cl2FN5/c26-19-3-1-2-18(21(19)27)23-31-14-20-24(30-8-11-33(20)23)32-9-6-25(7-10-32)13-15-12-16(28)4-5-17(15)22(25)29/h1-5,8,11-12,14,22H,6-7,9-10,13,29H2. The molecule has 6 rings (SSSR count). The Kier molecular flexibility index (Phi) is 4.87. The molecule has 0 amide bonds. The van der Waals surface area contributed by atoms with Crippen molar-refractivity contribution < 1.29 is 4.39 Å². The van der Waals surface area contributed by atoms with Crippen LogP contribution in [0, 0.1) is 11.2 Å². The molecule has 0 bridgehead atoms. The smallest absolute Gasteiger partial charge is 0.154 e. The van der Waals surface area contributed by atoms with Gasteiger partial charge < -0.3 is 10.6 Å². The van der Waals surface area contributed by atoms with Crippen LogP contribution in [-0.2, 0) is 6.42 Å². The Bertz CT molecular complexity index is 1380. The fourth-order valence-corrected chi connectivity index (χ4v) is 5.92. The first-order valence-electron chi connectivity index (χ1n) is 11.0. The van der Waals surface area contributed by atoms with Crippen molar-refractivity contribution in [3.05, 3.63) is 82.0 Å². The van der Waals surface area contributed by atoms with Crippen LogP contribution in [0.4, 0.5) is 10.2 Å². The van der Waals surface area contributed by atoms with Gasteiger partial charge in [0.1, 0.15) is 17.2 Å². The maximum Gasteiger partial charge on any atom is 0.154 e. The number of hydrogen-bond donors (Lipinski definition) is 1. The number of fused-ring (bicyclic) bond motifs is 2. The molecule has 2 aromatic heterocycles. The van der Waals surface area contributed by atoms with Crippen molar-refractivity contribution in [3.8, 4) is 11.4 Å². The van der Waals surface area contributed by atoms with E-state index in [1.54, 1.807) is 18.3 Å². The summed E-state index contributed by atoms with van der Waals surface area (Å²) in [6, 6.07) is 10.5. The quantitative estimate of drug-likeness (QED) is 0.399. The molecule has 2 aromatic carbocycles. The van der Waals surface area contributed by atoms with Crippen molar-refractivity contribution in [1.29, 1.82) is 0 Å². The highest BCUT2D eigenvalue weighted by molar-refractivity contribution is 6.43. The lowest BCUT2D eigenvalue weighted by Crippen LogP contribution is -2.44. The van der Waals surface area contributed by atoms with E-state index in [1.165, 1.54) is 6.07 Å². The highest BCUT2D eigenvalue weighted by atomic mass is 35.5. The number of halogens is 3. The van der Waals surface area contributed by atoms with Crippen molar-refractivity contribution >= 4 is 34.5 Å². The van der Waals surface area contributed by atoms with Crippen LogP contribution in [0.25, 0.3) is 16.9 Å². The van der Waals surface area contributed by atoms with Crippen LogP contribution < -0.4 is 10.6 Å². The summed E-state index contributed by atoms with van der Waals surface area (Å²) < 4.78 is 15.8. The summed E-state index contributed by atoms with van der Waals surface area (Å²) in [7, 11) is 0. The van der Waals surface area contributed by atoms with E-state index < -0.39 is 0 Å². The molecule has 1 aliphatic carbocycles. The van der Waals surface area contributed by atoms with Crippen molar-refractivity contribution in [3.63, 3.8) is 0 Å². The monoisotopic (exact) mass is 481 g/mol. The van der Waals surface area contributed by atoms with Gasteiger partial charge in [0.05, 0.1) is 16.2 Å². The average molecular weight is 482 g/mol. The predicted molar refractivity (Wildman–Crippen MR) is 129 cm³/mol. The van der Waals surface area contributed by atoms with Gasteiger partial charge in [-0.3, -0.25) is 4.40 Å². The fraction of sp³-hybridized carbons (Fsp3) is 0.280. The van der Waals surface area contributed by atoms with Gasteiger partial charge in [-0.25, -0.2) is 14.4 Å². The van der Waals surface area contributed by atoms with Crippen LogP contribution in [0.1, 0.15) is 30.0 Å². The Morgan fingerprint density at radius 1 is 1.09 bits per heavy atom. The zero-order chi connectivity index (χ0) is 22.7. The van der Waals surface area contributed by atoms with Crippen LogP contribution in [0.2, 0.25) is 10.0 Å². The number of benzene rings is 2. The number of nitrogens with two attached hydrogens (primary N) is 1. The summed E-state index contributed by atoms with van der Waals surface area (Å²) in [6.07, 6.45) is 8.19. The Balaban J connectivity index is 1.30. The lowest BCUT2D eigenvalue weighted by molar-refractivity contribution is 0.187. The lowest BCUT2D eigenvalue weighted by Gasteiger charge is -2.42. The number of aromatic nitrogens is 3. The molecular weight excluding hydrogens is 460 g/mol. The minimum absolute atomic E-state index is 0.0303. The van der Waals surface area contributed by atoms with Crippen LogP contribution in [0.3, 0.4) is 0 Å². The number of imidazole rings is 1. The third kappa shape index (κ3) is 3.23. The molecule has 1 atom stereocenters. The topological polar surface area (TPSA) is 59.5 Å². The van der Waals surface area contributed by atoms with Crippen molar-refractivity contribution in [2.24, 2.45) is 11.1 Å². The van der Waals surface area contributed by atoms with E-state index in [4.69, 9.17) is 28.9 Å². The highest BCUT2D eigenvalue weighted by Gasteiger charge is 2.46. The van der Waals surface area contributed by atoms with E-state index >= 15 is 0 Å². The molecule has 0 radical (unpaired) electrons. The molecule has 1 spiro atoms. The molecule has 0 saturated carbocycles. The van der Waals surface area contributed by atoms with Crippen LogP contribution in [0.15, 0.2) is 55.0 Å². The van der Waals surface area contributed by atoms with Crippen LogP contribution in [-0.4, -0.2) is 27.5 Å². The molecule has 1 aliphatic heterocycles. The van der Waals surface area contributed by atoms with Gasteiger partial charge in [-0.15, -0.1) is 0 Å². The summed E-state index contributed by atoms with van der Waals surface area (Å²) in [4.78, 5) is 11.6. The number of anilines is 1. The first-order chi connectivity index (χ1) is 16.0. The van der Waals surface area contributed by atoms with Crippen molar-refractivity contribution in [2.45, 2.75) is 25.3 Å². The lowest BCUT2D eigenvalue weighted by atomic mass is 9.73. The average Bonchev–Trinajstić information content (AvgIpc) is 3.35. The summed E-state index contributed by atoms with van der Waals surface area (Å²) in [5, 5.41) is 0.978. The largest absolute Gasteiger partial charge is 0.355 e. The normalized spacial score (nSPS) is 19.4. The maximum absolute atomic E-state index is 13.8. The van der Waals surface area contributed by atoms with Gasteiger partial charge in [-0.05, 0) is 60.1 Å². The minimum atomic E-state index is -0.192. The fourth-order valence-electron chi connectivity index (χ4n) is 5.53. The predicted octanol–water partition coefficient (Wildman–Crippen LogP) is 5.68. The van der Waals surface area contributed by atoms with Gasteiger partial charge in [-0.2, -0.15) is 0 Å². The van der Waals surface area contributed by atoms with E-state index in [9.17, 15) is 4.39 Å². The molecule has 5 nitrogen and oxygen atoms in total. The van der Waals surface area contributed by atoms with Gasteiger partial charge in [0.25, 0.3) is 0 Å². The molecule has 1 saturated heterocycles. The van der Waals surface area contributed by atoms with Gasteiger partial charge in [0.15, 0.2) is 5.82 Å². The Morgan fingerprint density at radius 2 is 1.91 bits per heavy atom. The maximum atomic E-state index is 13.8. The van der Waals surface area contributed by atoms with E-state index in [-0.39, 0.29) is 17.3 Å². The molecule has 3 heterocycles. The summed E-state index contributed by atoms with van der Waals surface area (Å²) in [6.45, 7) is 1.66. The summed E-state index contributed by atoms with van der Waals surface area (Å²) in [5.41, 5.74) is 10.5. The number of piperidine rings is 1. The van der Waals surface area contributed by atoms with Gasteiger partial charge in [0.2, 0.25) is 0 Å². The second-order valence-electron chi connectivity index (χ2n) is 9.04. The van der Waals surface area contributed by atoms with Crippen LogP contribution in [0.5, 0.6) is 0 Å². The third-order valence-electron chi connectivity index (χ3n) is 7.33. The summed E-state index contributed by atoms with van der Waals surface area (Å²) >= 11 is 12.7. The Morgan fingerprint density at radius 3 is 2.73 bits per heavy atom. The molecule has 168 valence electrons. The third-order valence-corrected chi connectivity index (χ3v) is 8.15. The Hall–Kier alpha value is -2.67. The van der Waals surface area contributed by atoms with Crippen molar-refractivity contribution in [1.82, 2.24) is 14.4 Å². The number of hydrogen-bond acceptors (Lipinski definition) is 4. The first kappa shape index (κ1) is 20.9. The van der Waals surface area contributed by atoms with Gasteiger partial charge >= 0.3 is 0 Å². The Labute approximate surface area is 201 Å². The molecule has 8 heteroatoms. The molecular formula is C25H22Cl2FN5. The summed E-state index contributed by atoms with van der Waals surface area (Å²) in [5.74, 6) is 1.42. The second kappa shape index (κ2) is 7.69. The number of rotatable bonds is 2. The molecule has 1 fully saturated rings. The highest BCUT2D eigenvalue weighted by Crippen LogP contribution is 2.51. The SMILES string of the molecule is NC1c2ccc(F)cc2CC12CCN(c1nccn3c(-c4cccc(Cl)c4Cl)ncc13)CC2. The number of nitrogens with zero attached hydrogens (tertiary/aromatic N) is 4. The van der Waals surface area contributed by atoms with E-state index in [2.05, 4.69) is 14.9 Å². The molecule has 1 unspecified atom stereocenters. The zero-order valence-electron chi connectivity index (χ0n) is 17.8. The van der Waals surface area contributed by atoms with Gasteiger partial charge in [-0.1, -0.05) is 35.3 Å². The van der Waals surface area contributed by atoms with Gasteiger partial charge in [0, 0.05) is 37.1 Å². The first-order valence-corrected chi connectivity index (χ1v) is 11.8. The minimum Gasteiger partial charge on any atom is -0.355 e. The zero-order valence-corrected chi connectivity index (χ0v) is 19.3. The van der Waals surface area contributed by atoms with E-state index in [0.29, 0.717) is 10.0 Å². The molecule has 33 heavy (non-hydrogen) atoms.